The lowest BCUT2D eigenvalue weighted by Crippen LogP contribution is -2.47. The maximum atomic E-state index is 11.8. The average molecular weight is 301 g/mol. The Morgan fingerprint density at radius 2 is 2.16 bits per heavy atom. The van der Waals surface area contributed by atoms with Gasteiger partial charge in [0, 0.05) is 24.0 Å². The number of alkyl halides is 1. The molecule has 1 fully saturated rings. The summed E-state index contributed by atoms with van der Waals surface area (Å²) in [6.07, 6.45) is 2.05. The molecule has 1 aliphatic rings. The minimum atomic E-state index is -0.0231. The van der Waals surface area contributed by atoms with E-state index in [0.29, 0.717) is 19.5 Å². The molecule has 0 saturated carbocycles. The van der Waals surface area contributed by atoms with Crippen molar-refractivity contribution in [1.29, 1.82) is 0 Å². The van der Waals surface area contributed by atoms with Gasteiger partial charge in [0.25, 0.3) is 0 Å². The largest absolute Gasteiger partial charge is 0.353 e. The number of rotatable bonds is 4. The van der Waals surface area contributed by atoms with Gasteiger partial charge in [-0.2, -0.15) is 0 Å². The smallest absolute Gasteiger partial charge is 0.237 e. The molecule has 1 saturated heterocycles. The van der Waals surface area contributed by atoms with Crippen LogP contribution in [-0.2, 0) is 16.0 Å². The van der Waals surface area contributed by atoms with Gasteiger partial charge in [0.1, 0.15) is 5.88 Å². The van der Waals surface area contributed by atoms with Crippen molar-refractivity contribution in [3.63, 3.8) is 0 Å². The lowest BCUT2D eigenvalue weighted by molar-refractivity contribution is -0.129. The standard InChI is InChI=1S/C13H17ClN2O2S/c14-9-13(18)16-5-3-10(4-6-16)15-12(17)8-11-2-1-7-19-11/h1-2,7,10H,3-6,8-9H2,(H,15,17). The topological polar surface area (TPSA) is 49.4 Å². The van der Waals surface area contributed by atoms with Gasteiger partial charge < -0.3 is 10.2 Å². The average Bonchev–Trinajstić information content (AvgIpc) is 2.91. The summed E-state index contributed by atoms with van der Waals surface area (Å²) in [5.74, 6) is 0.0738. The molecule has 2 heterocycles. The van der Waals surface area contributed by atoms with Gasteiger partial charge in [-0.15, -0.1) is 22.9 Å². The van der Waals surface area contributed by atoms with Crippen LogP contribution in [0.5, 0.6) is 0 Å². The first kappa shape index (κ1) is 14.3. The van der Waals surface area contributed by atoms with Crippen LogP contribution in [0.4, 0.5) is 0 Å². The predicted molar refractivity (Wildman–Crippen MR) is 76.5 cm³/mol. The van der Waals surface area contributed by atoms with Gasteiger partial charge in [-0.05, 0) is 24.3 Å². The number of piperidine rings is 1. The maximum Gasteiger partial charge on any atom is 0.237 e. The van der Waals surface area contributed by atoms with Crippen molar-refractivity contribution >= 4 is 34.8 Å². The van der Waals surface area contributed by atoms with E-state index in [0.717, 1.165) is 17.7 Å². The van der Waals surface area contributed by atoms with Crippen molar-refractivity contribution < 1.29 is 9.59 Å². The van der Waals surface area contributed by atoms with Crippen LogP contribution in [0.2, 0.25) is 0 Å². The normalized spacial score (nSPS) is 16.4. The molecule has 0 atom stereocenters. The van der Waals surface area contributed by atoms with E-state index in [1.54, 1.807) is 16.2 Å². The Kier molecular flexibility index (Phi) is 5.22. The zero-order chi connectivity index (χ0) is 13.7. The van der Waals surface area contributed by atoms with Gasteiger partial charge in [-0.1, -0.05) is 6.07 Å². The van der Waals surface area contributed by atoms with Crippen molar-refractivity contribution in [3.8, 4) is 0 Å². The van der Waals surface area contributed by atoms with Gasteiger partial charge >= 0.3 is 0 Å². The molecular weight excluding hydrogens is 284 g/mol. The molecule has 0 unspecified atom stereocenters. The molecule has 0 aliphatic carbocycles. The molecule has 0 radical (unpaired) electrons. The molecule has 2 rings (SSSR count). The highest BCUT2D eigenvalue weighted by Crippen LogP contribution is 2.13. The third-order valence-electron chi connectivity index (χ3n) is 3.24. The molecule has 1 aromatic rings. The summed E-state index contributed by atoms with van der Waals surface area (Å²) in [6, 6.07) is 4.09. The van der Waals surface area contributed by atoms with Crippen LogP contribution in [0.1, 0.15) is 17.7 Å². The second-order valence-corrected chi connectivity index (χ2v) is 5.91. The monoisotopic (exact) mass is 300 g/mol. The molecule has 1 aliphatic heterocycles. The second-order valence-electron chi connectivity index (χ2n) is 4.61. The highest BCUT2D eigenvalue weighted by Gasteiger charge is 2.23. The van der Waals surface area contributed by atoms with E-state index in [9.17, 15) is 9.59 Å². The van der Waals surface area contributed by atoms with Crippen molar-refractivity contribution in [3.05, 3.63) is 22.4 Å². The number of hydrogen-bond acceptors (Lipinski definition) is 3. The molecule has 104 valence electrons. The Bertz CT molecular complexity index is 428. The van der Waals surface area contributed by atoms with Gasteiger partial charge in [0.05, 0.1) is 6.42 Å². The summed E-state index contributed by atoms with van der Waals surface area (Å²) < 4.78 is 0. The lowest BCUT2D eigenvalue weighted by Gasteiger charge is -2.32. The number of nitrogens with one attached hydrogen (secondary N) is 1. The minimum absolute atomic E-state index is 0.0231. The van der Waals surface area contributed by atoms with E-state index in [1.807, 2.05) is 17.5 Å². The molecule has 1 N–H and O–H groups in total. The number of halogens is 1. The first-order valence-electron chi connectivity index (χ1n) is 6.34. The quantitative estimate of drug-likeness (QED) is 0.859. The van der Waals surface area contributed by atoms with Crippen LogP contribution >= 0.6 is 22.9 Å². The number of carbonyl (C=O) groups excluding carboxylic acids is 2. The SMILES string of the molecule is O=C(Cc1cccs1)NC1CCN(C(=O)CCl)CC1. The van der Waals surface area contributed by atoms with E-state index in [4.69, 9.17) is 11.6 Å². The zero-order valence-corrected chi connectivity index (χ0v) is 12.2. The molecular formula is C13H17ClN2O2S. The number of hydrogen-bond donors (Lipinski definition) is 1. The number of likely N-dealkylation sites (tertiary alicyclic amines) is 1. The van der Waals surface area contributed by atoms with E-state index in [2.05, 4.69) is 5.32 Å². The zero-order valence-electron chi connectivity index (χ0n) is 10.6. The Morgan fingerprint density at radius 3 is 2.74 bits per heavy atom. The van der Waals surface area contributed by atoms with Gasteiger partial charge in [0.2, 0.25) is 11.8 Å². The summed E-state index contributed by atoms with van der Waals surface area (Å²) >= 11 is 7.12. The van der Waals surface area contributed by atoms with Gasteiger partial charge in [-0.25, -0.2) is 0 Å². The second kappa shape index (κ2) is 6.91. The molecule has 1 aromatic heterocycles. The molecule has 2 amide bonds. The van der Waals surface area contributed by atoms with Gasteiger partial charge in [-0.3, -0.25) is 9.59 Å². The van der Waals surface area contributed by atoms with Crippen LogP contribution in [0.15, 0.2) is 17.5 Å². The predicted octanol–water partition coefficient (Wildman–Crippen LogP) is 1.64. The van der Waals surface area contributed by atoms with Crippen LogP contribution in [0.25, 0.3) is 0 Å². The number of amides is 2. The van der Waals surface area contributed by atoms with Crippen molar-refractivity contribution in [2.24, 2.45) is 0 Å². The molecule has 19 heavy (non-hydrogen) atoms. The van der Waals surface area contributed by atoms with E-state index in [-0.39, 0.29) is 23.7 Å². The third-order valence-corrected chi connectivity index (χ3v) is 4.35. The lowest BCUT2D eigenvalue weighted by atomic mass is 10.0. The summed E-state index contributed by atoms with van der Waals surface area (Å²) in [5, 5.41) is 5.00. The van der Waals surface area contributed by atoms with Crippen molar-refractivity contribution in [2.45, 2.75) is 25.3 Å². The molecule has 0 aromatic carbocycles. The van der Waals surface area contributed by atoms with Gasteiger partial charge in [0.15, 0.2) is 0 Å². The van der Waals surface area contributed by atoms with E-state index in [1.165, 1.54) is 0 Å². The Balaban J connectivity index is 1.73. The first-order valence-corrected chi connectivity index (χ1v) is 7.76. The van der Waals surface area contributed by atoms with Crippen LogP contribution in [0.3, 0.4) is 0 Å². The number of thiophene rings is 1. The fourth-order valence-corrected chi connectivity index (χ4v) is 3.08. The summed E-state index contributed by atoms with van der Waals surface area (Å²) in [6.45, 7) is 1.35. The fourth-order valence-electron chi connectivity index (χ4n) is 2.21. The molecule has 6 heteroatoms. The molecule has 4 nitrogen and oxygen atoms in total. The van der Waals surface area contributed by atoms with E-state index >= 15 is 0 Å². The Morgan fingerprint density at radius 1 is 1.42 bits per heavy atom. The van der Waals surface area contributed by atoms with Crippen molar-refractivity contribution in [1.82, 2.24) is 10.2 Å². The van der Waals surface area contributed by atoms with Crippen LogP contribution < -0.4 is 5.32 Å². The van der Waals surface area contributed by atoms with Crippen molar-refractivity contribution in [2.75, 3.05) is 19.0 Å². The number of carbonyl (C=O) groups is 2. The minimum Gasteiger partial charge on any atom is -0.353 e. The molecule has 0 bridgehead atoms. The Labute approximate surface area is 121 Å². The van der Waals surface area contributed by atoms with E-state index < -0.39 is 0 Å². The molecule has 0 spiro atoms. The fraction of sp³-hybridized carbons (Fsp3) is 0.538. The highest BCUT2D eigenvalue weighted by atomic mass is 35.5. The Hall–Kier alpha value is -1.07. The third kappa shape index (κ3) is 4.21. The summed E-state index contributed by atoms with van der Waals surface area (Å²) in [7, 11) is 0. The van der Waals surface area contributed by atoms with Crippen LogP contribution in [-0.4, -0.2) is 41.7 Å². The highest BCUT2D eigenvalue weighted by molar-refractivity contribution is 7.10. The maximum absolute atomic E-state index is 11.8. The first-order chi connectivity index (χ1) is 9.19. The summed E-state index contributed by atoms with van der Waals surface area (Å²) in [5.41, 5.74) is 0. The summed E-state index contributed by atoms with van der Waals surface area (Å²) in [4.78, 5) is 26.1. The van der Waals surface area contributed by atoms with Crippen LogP contribution in [0, 0.1) is 0 Å². The number of nitrogens with zero attached hydrogens (tertiary/aromatic N) is 1.